The highest BCUT2D eigenvalue weighted by molar-refractivity contribution is 7.08. The minimum atomic E-state index is 0.119. The number of fused-ring (bicyclic) bond motifs is 1. The van der Waals surface area contributed by atoms with Gasteiger partial charge in [-0.1, -0.05) is 0 Å². The molecule has 0 radical (unpaired) electrons. The van der Waals surface area contributed by atoms with Gasteiger partial charge >= 0.3 is 0 Å². The lowest BCUT2D eigenvalue weighted by molar-refractivity contribution is 0.0984. The van der Waals surface area contributed by atoms with Gasteiger partial charge in [-0.3, -0.25) is 4.79 Å². The second-order valence-electron chi connectivity index (χ2n) is 3.23. The molecule has 0 unspecified atom stereocenters. The normalized spacial score (nSPS) is 15.3. The van der Waals surface area contributed by atoms with Gasteiger partial charge in [0, 0.05) is 11.9 Å². The Kier molecular flexibility index (Phi) is 2.12. The molecule has 1 N–H and O–H groups in total. The molecule has 0 amide bonds. The van der Waals surface area contributed by atoms with E-state index in [1.54, 1.807) is 5.51 Å². The maximum absolute atomic E-state index is 11.7. The molecule has 3 heterocycles. The summed E-state index contributed by atoms with van der Waals surface area (Å²) in [5.41, 5.74) is 4.09. The van der Waals surface area contributed by atoms with E-state index in [0.717, 1.165) is 28.4 Å². The van der Waals surface area contributed by atoms with Crippen molar-refractivity contribution in [3.63, 3.8) is 0 Å². The Hall–Kier alpha value is -1.11. The Morgan fingerprint density at radius 2 is 2.33 bits per heavy atom. The van der Waals surface area contributed by atoms with E-state index in [4.69, 9.17) is 0 Å². The largest absolute Gasteiger partial charge is 0.305 e. The van der Waals surface area contributed by atoms with E-state index in [1.165, 1.54) is 22.9 Å². The average molecular weight is 237 g/mol. The van der Waals surface area contributed by atoms with Crippen LogP contribution < -0.4 is 5.32 Å². The first kappa shape index (κ1) is 9.14. The fourth-order valence-corrected chi connectivity index (χ4v) is 3.01. The van der Waals surface area contributed by atoms with Crippen LogP contribution in [0.2, 0.25) is 0 Å². The quantitative estimate of drug-likeness (QED) is 0.817. The summed E-state index contributed by atoms with van der Waals surface area (Å²) in [6.07, 6.45) is 0. The van der Waals surface area contributed by atoms with Crippen molar-refractivity contribution in [1.82, 2.24) is 14.7 Å². The topological polar surface area (TPSA) is 54.9 Å². The molecule has 0 saturated heterocycles. The van der Waals surface area contributed by atoms with Gasteiger partial charge in [0.05, 0.1) is 22.5 Å². The van der Waals surface area contributed by atoms with Crippen LogP contribution >= 0.6 is 22.9 Å². The lowest BCUT2D eigenvalue weighted by atomic mass is 10.0. The minimum Gasteiger partial charge on any atom is -0.305 e. The molecule has 3 rings (SSSR count). The van der Waals surface area contributed by atoms with E-state index in [0.29, 0.717) is 6.54 Å². The van der Waals surface area contributed by atoms with E-state index in [1.807, 2.05) is 5.38 Å². The van der Waals surface area contributed by atoms with Crippen LogP contribution in [0, 0.1) is 0 Å². The molecular weight excluding hydrogens is 230 g/mol. The molecule has 0 atom stereocenters. The average Bonchev–Trinajstić information content (AvgIpc) is 2.85. The third-order valence-corrected chi connectivity index (χ3v) is 3.72. The first-order chi connectivity index (χ1) is 7.36. The smallest absolute Gasteiger partial charge is 0.180 e. The van der Waals surface area contributed by atoms with Gasteiger partial charge in [-0.05, 0) is 11.5 Å². The Morgan fingerprint density at radius 1 is 1.40 bits per heavy atom. The first-order valence-electron chi connectivity index (χ1n) is 4.47. The van der Waals surface area contributed by atoms with Crippen molar-refractivity contribution in [2.24, 2.45) is 0 Å². The molecule has 1 aliphatic heterocycles. The molecule has 1 aliphatic rings. The first-order valence-corrected chi connectivity index (χ1v) is 6.19. The molecule has 4 nitrogen and oxygen atoms in total. The molecule has 0 aliphatic carbocycles. The van der Waals surface area contributed by atoms with E-state index in [9.17, 15) is 4.79 Å². The van der Waals surface area contributed by atoms with Crippen LogP contribution in [-0.4, -0.2) is 21.7 Å². The fraction of sp³-hybridized carbons (Fsp3) is 0.222. The van der Waals surface area contributed by atoms with E-state index in [2.05, 4.69) is 14.7 Å². The summed E-state index contributed by atoms with van der Waals surface area (Å²) >= 11 is 2.90. The Bertz CT molecular complexity index is 503. The van der Waals surface area contributed by atoms with Crippen molar-refractivity contribution in [2.75, 3.05) is 6.54 Å². The van der Waals surface area contributed by atoms with Crippen LogP contribution in [0.5, 0.6) is 0 Å². The van der Waals surface area contributed by atoms with Gasteiger partial charge in [0.25, 0.3) is 0 Å². The minimum absolute atomic E-state index is 0.119. The molecule has 0 spiro atoms. The fourth-order valence-electron chi connectivity index (χ4n) is 1.61. The number of aromatic nitrogens is 2. The van der Waals surface area contributed by atoms with E-state index < -0.39 is 0 Å². The second kappa shape index (κ2) is 3.48. The van der Waals surface area contributed by atoms with Gasteiger partial charge in [0.2, 0.25) is 0 Å². The Labute approximate surface area is 94.1 Å². The van der Waals surface area contributed by atoms with Gasteiger partial charge in [-0.15, -0.1) is 11.3 Å². The molecule has 2 aromatic heterocycles. The summed E-state index contributed by atoms with van der Waals surface area (Å²) in [6, 6.07) is 0. The lowest BCUT2D eigenvalue weighted by Gasteiger charge is -2.10. The van der Waals surface area contributed by atoms with Gasteiger partial charge in [0.1, 0.15) is 11.4 Å². The predicted molar refractivity (Wildman–Crippen MR) is 59.3 cm³/mol. The number of rotatable bonds is 1. The summed E-state index contributed by atoms with van der Waals surface area (Å²) in [7, 11) is 0. The molecule has 76 valence electrons. The van der Waals surface area contributed by atoms with Crippen molar-refractivity contribution in [3.8, 4) is 11.4 Å². The van der Waals surface area contributed by atoms with Gasteiger partial charge in [-0.2, -0.15) is 4.37 Å². The van der Waals surface area contributed by atoms with Crippen molar-refractivity contribution in [2.45, 2.75) is 6.54 Å². The SMILES string of the molecule is O=C1CNCc2snc(-c3cscn3)c21. The number of carbonyl (C=O) groups excluding carboxylic acids is 1. The number of Topliss-reactive ketones (excluding diaryl/α,β-unsaturated/α-hetero) is 1. The van der Waals surface area contributed by atoms with Gasteiger partial charge in [0.15, 0.2) is 5.78 Å². The summed E-state index contributed by atoms with van der Waals surface area (Å²) < 4.78 is 4.32. The maximum atomic E-state index is 11.7. The zero-order valence-corrected chi connectivity index (χ0v) is 9.32. The highest BCUT2D eigenvalue weighted by Crippen LogP contribution is 2.29. The summed E-state index contributed by atoms with van der Waals surface area (Å²) in [5, 5.41) is 4.97. The van der Waals surface area contributed by atoms with Crippen LogP contribution in [0.4, 0.5) is 0 Å². The monoisotopic (exact) mass is 237 g/mol. The van der Waals surface area contributed by atoms with Gasteiger partial charge < -0.3 is 5.32 Å². The summed E-state index contributed by atoms with van der Waals surface area (Å²) in [6.45, 7) is 1.14. The molecule has 2 aromatic rings. The second-order valence-corrected chi connectivity index (χ2v) is 4.81. The number of nitrogens with one attached hydrogen (secondary N) is 1. The molecule has 6 heteroatoms. The number of carbonyl (C=O) groups is 1. The number of nitrogens with zero attached hydrogens (tertiary/aromatic N) is 2. The van der Waals surface area contributed by atoms with Crippen LogP contribution in [0.3, 0.4) is 0 Å². The number of ketones is 1. The van der Waals surface area contributed by atoms with Crippen molar-refractivity contribution < 1.29 is 4.79 Å². The molecule has 0 aromatic carbocycles. The van der Waals surface area contributed by atoms with Crippen LogP contribution in [0.15, 0.2) is 10.9 Å². The Balaban J connectivity index is 2.18. The number of thiazole rings is 1. The lowest BCUT2D eigenvalue weighted by Crippen LogP contribution is -2.28. The Morgan fingerprint density at radius 3 is 3.13 bits per heavy atom. The molecular formula is C9H7N3OS2. The van der Waals surface area contributed by atoms with Crippen molar-refractivity contribution in [3.05, 3.63) is 21.3 Å². The third-order valence-electron chi connectivity index (χ3n) is 2.29. The van der Waals surface area contributed by atoms with Gasteiger partial charge in [-0.25, -0.2) is 4.98 Å². The standard InChI is InChI=1S/C9H7N3OS2/c13-6-1-10-2-7-8(6)9(12-15-7)5-3-14-4-11-5/h3-4,10H,1-2H2. The van der Waals surface area contributed by atoms with E-state index in [-0.39, 0.29) is 5.78 Å². The maximum Gasteiger partial charge on any atom is 0.180 e. The highest BCUT2D eigenvalue weighted by Gasteiger charge is 2.25. The number of hydrogen-bond acceptors (Lipinski definition) is 6. The molecule has 15 heavy (non-hydrogen) atoms. The van der Waals surface area contributed by atoms with Crippen LogP contribution in [-0.2, 0) is 6.54 Å². The third kappa shape index (κ3) is 1.41. The summed E-state index contributed by atoms with van der Waals surface area (Å²) in [5.74, 6) is 0.119. The molecule has 0 fully saturated rings. The van der Waals surface area contributed by atoms with Crippen LogP contribution in [0.1, 0.15) is 15.2 Å². The zero-order valence-electron chi connectivity index (χ0n) is 7.69. The number of hydrogen-bond donors (Lipinski definition) is 1. The van der Waals surface area contributed by atoms with Crippen molar-refractivity contribution >= 4 is 28.7 Å². The predicted octanol–water partition coefficient (Wildman–Crippen LogP) is 1.55. The zero-order chi connectivity index (χ0) is 10.3. The molecule has 0 saturated carbocycles. The highest BCUT2D eigenvalue weighted by atomic mass is 32.1. The van der Waals surface area contributed by atoms with Crippen LogP contribution in [0.25, 0.3) is 11.4 Å². The molecule has 0 bridgehead atoms. The van der Waals surface area contributed by atoms with Crippen molar-refractivity contribution in [1.29, 1.82) is 0 Å². The van der Waals surface area contributed by atoms with E-state index >= 15 is 0 Å². The summed E-state index contributed by atoms with van der Waals surface area (Å²) in [4.78, 5) is 17.0.